The van der Waals surface area contributed by atoms with Crippen LogP contribution in [0.25, 0.3) is 0 Å². The van der Waals surface area contributed by atoms with E-state index in [-0.39, 0.29) is 0 Å². The molecule has 1 aromatic carbocycles. The maximum absolute atomic E-state index is 5.96. The fourth-order valence-electron chi connectivity index (χ4n) is 1.74. The van der Waals surface area contributed by atoms with E-state index in [2.05, 4.69) is 40.0 Å². The van der Waals surface area contributed by atoms with E-state index in [0.717, 1.165) is 11.4 Å². The smallest absolute Gasteiger partial charge is 0.0577 e. The molecule has 2 rings (SSSR count). The predicted molar refractivity (Wildman–Crippen MR) is 77.5 cm³/mol. The van der Waals surface area contributed by atoms with Crippen LogP contribution in [-0.4, -0.2) is 17.5 Å². The molecule has 4 heteroatoms. The van der Waals surface area contributed by atoms with Gasteiger partial charge in [0.1, 0.15) is 0 Å². The van der Waals surface area contributed by atoms with Gasteiger partial charge in [-0.1, -0.05) is 0 Å². The van der Waals surface area contributed by atoms with E-state index in [1.165, 1.54) is 27.9 Å². The Kier molecular flexibility index (Phi) is 4.02. The first-order chi connectivity index (χ1) is 7.25. The largest absolute Gasteiger partial charge is 0.397 e. The van der Waals surface area contributed by atoms with Gasteiger partial charge in [-0.05, 0) is 59.4 Å². The topological polar surface area (TPSA) is 38.0 Å². The molecule has 3 N–H and O–H groups in total. The zero-order valence-electron chi connectivity index (χ0n) is 8.50. The maximum atomic E-state index is 5.96. The summed E-state index contributed by atoms with van der Waals surface area (Å²) in [6.45, 7) is 0. The van der Waals surface area contributed by atoms with E-state index in [9.17, 15) is 0 Å². The van der Waals surface area contributed by atoms with Crippen molar-refractivity contribution in [1.29, 1.82) is 0 Å². The van der Waals surface area contributed by atoms with Crippen molar-refractivity contribution in [2.45, 2.75) is 18.9 Å². The van der Waals surface area contributed by atoms with Crippen LogP contribution >= 0.6 is 34.4 Å². The summed E-state index contributed by atoms with van der Waals surface area (Å²) >= 11 is 4.31. The molecule has 1 atom stereocenters. The molecule has 0 spiro atoms. The number of thioether (sulfide) groups is 1. The number of hydrogen-bond donors (Lipinski definition) is 2. The first-order valence-electron chi connectivity index (χ1n) is 5.15. The van der Waals surface area contributed by atoms with Crippen molar-refractivity contribution in [3.63, 3.8) is 0 Å². The van der Waals surface area contributed by atoms with Gasteiger partial charge >= 0.3 is 0 Å². The van der Waals surface area contributed by atoms with Crippen molar-refractivity contribution in [3.8, 4) is 0 Å². The molecule has 0 radical (unpaired) electrons. The molecule has 82 valence electrons. The quantitative estimate of drug-likeness (QED) is 0.644. The Hall–Kier alpha value is -0.100. The third kappa shape index (κ3) is 3.17. The summed E-state index contributed by atoms with van der Waals surface area (Å²) < 4.78 is 1.19. The Morgan fingerprint density at radius 1 is 1.47 bits per heavy atom. The van der Waals surface area contributed by atoms with Crippen LogP contribution in [0.15, 0.2) is 18.2 Å². The summed E-state index contributed by atoms with van der Waals surface area (Å²) in [6.07, 6.45) is 2.57. The van der Waals surface area contributed by atoms with Crippen LogP contribution in [0, 0.1) is 3.57 Å². The fraction of sp³-hybridized carbons (Fsp3) is 0.455. The lowest BCUT2D eigenvalue weighted by atomic mass is 10.1. The number of rotatable bonds is 2. The number of anilines is 2. The van der Waals surface area contributed by atoms with Crippen molar-refractivity contribution in [3.05, 3.63) is 21.8 Å². The number of nitrogen functional groups attached to an aromatic ring is 1. The highest BCUT2D eigenvalue weighted by molar-refractivity contribution is 14.1. The maximum Gasteiger partial charge on any atom is 0.0577 e. The summed E-state index contributed by atoms with van der Waals surface area (Å²) in [5, 5.41) is 3.53. The Balaban J connectivity index is 2.03. The first-order valence-corrected chi connectivity index (χ1v) is 7.38. The second kappa shape index (κ2) is 5.30. The lowest BCUT2D eigenvalue weighted by Crippen LogP contribution is -2.26. The summed E-state index contributed by atoms with van der Waals surface area (Å²) in [6, 6.07) is 6.77. The Bertz CT molecular complexity index is 337. The average Bonchev–Trinajstić information content (AvgIpc) is 2.24. The molecule has 1 fully saturated rings. The lowest BCUT2D eigenvalue weighted by molar-refractivity contribution is 0.685. The molecule has 0 saturated carbocycles. The summed E-state index contributed by atoms with van der Waals surface area (Å²) in [5.74, 6) is 2.51. The normalized spacial score (nSPS) is 21.3. The number of benzene rings is 1. The van der Waals surface area contributed by atoms with Gasteiger partial charge in [0.05, 0.1) is 11.4 Å². The third-order valence-corrected chi connectivity index (χ3v) is 4.42. The summed E-state index contributed by atoms with van der Waals surface area (Å²) in [7, 11) is 0. The van der Waals surface area contributed by atoms with E-state index < -0.39 is 0 Å². The number of nitrogens with two attached hydrogens (primary N) is 1. The zero-order valence-corrected chi connectivity index (χ0v) is 11.5. The van der Waals surface area contributed by atoms with Crippen LogP contribution in [-0.2, 0) is 0 Å². The van der Waals surface area contributed by atoms with E-state index in [4.69, 9.17) is 5.73 Å². The van der Waals surface area contributed by atoms with Gasteiger partial charge in [-0.3, -0.25) is 0 Å². The number of hydrogen-bond acceptors (Lipinski definition) is 3. The van der Waals surface area contributed by atoms with Gasteiger partial charge in [0, 0.05) is 15.4 Å². The molecule has 1 heterocycles. The molecular formula is C11H15IN2S. The monoisotopic (exact) mass is 334 g/mol. The van der Waals surface area contributed by atoms with Gasteiger partial charge in [0.15, 0.2) is 0 Å². The average molecular weight is 334 g/mol. The lowest BCUT2D eigenvalue weighted by Gasteiger charge is -2.24. The van der Waals surface area contributed by atoms with Crippen molar-refractivity contribution in [2.75, 3.05) is 22.6 Å². The minimum Gasteiger partial charge on any atom is -0.397 e. The van der Waals surface area contributed by atoms with Crippen molar-refractivity contribution in [2.24, 2.45) is 0 Å². The Morgan fingerprint density at radius 3 is 3.00 bits per heavy atom. The van der Waals surface area contributed by atoms with Gasteiger partial charge in [0.2, 0.25) is 0 Å². The number of halogens is 1. The van der Waals surface area contributed by atoms with Crippen LogP contribution < -0.4 is 11.1 Å². The minimum absolute atomic E-state index is 0.589. The predicted octanol–water partition coefficient (Wildman–Crippen LogP) is 3.18. The first kappa shape index (κ1) is 11.4. The summed E-state index contributed by atoms with van der Waals surface area (Å²) in [4.78, 5) is 0. The SMILES string of the molecule is Nc1cc(I)ccc1NC1CCCSC1. The molecule has 1 aliphatic heterocycles. The van der Waals surface area contributed by atoms with Gasteiger partial charge in [-0.25, -0.2) is 0 Å². The third-order valence-electron chi connectivity index (χ3n) is 2.53. The molecule has 2 nitrogen and oxygen atoms in total. The highest BCUT2D eigenvalue weighted by Gasteiger charge is 2.14. The van der Waals surface area contributed by atoms with E-state index >= 15 is 0 Å². The molecule has 0 aliphatic carbocycles. The van der Waals surface area contributed by atoms with Crippen molar-refractivity contribution in [1.82, 2.24) is 0 Å². The Morgan fingerprint density at radius 2 is 2.33 bits per heavy atom. The highest BCUT2D eigenvalue weighted by atomic mass is 127. The van der Waals surface area contributed by atoms with Crippen LogP contribution in [0.1, 0.15) is 12.8 Å². The van der Waals surface area contributed by atoms with Crippen LogP contribution in [0.2, 0.25) is 0 Å². The van der Waals surface area contributed by atoms with Crippen molar-refractivity contribution >= 4 is 45.7 Å². The molecule has 15 heavy (non-hydrogen) atoms. The van der Waals surface area contributed by atoms with Gasteiger partial charge in [0.25, 0.3) is 0 Å². The molecule has 1 saturated heterocycles. The fourth-order valence-corrected chi connectivity index (χ4v) is 3.33. The molecule has 0 amide bonds. The van der Waals surface area contributed by atoms with E-state index in [1.54, 1.807) is 0 Å². The summed E-state index contributed by atoms with van der Waals surface area (Å²) in [5.41, 5.74) is 7.91. The molecular weight excluding hydrogens is 319 g/mol. The molecule has 1 aromatic rings. The second-order valence-electron chi connectivity index (χ2n) is 3.79. The highest BCUT2D eigenvalue weighted by Crippen LogP contribution is 2.25. The van der Waals surface area contributed by atoms with Crippen LogP contribution in [0.5, 0.6) is 0 Å². The van der Waals surface area contributed by atoms with Gasteiger partial charge in [-0.15, -0.1) is 0 Å². The standard InChI is InChI=1S/C11H15IN2S/c12-8-3-4-11(10(13)6-8)14-9-2-1-5-15-7-9/h3-4,6,9,14H,1-2,5,7,13H2. The zero-order chi connectivity index (χ0) is 10.7. The van der Waals surface area contributed by atoms with E-state index in [0.29, 0.717) is 6.04 Å². The van der Waals surface area contributed by atoms with Crippen molar-refractivity contribution < 1.29 is 0 Å². The molecule has 0 aromatic heterocycles. The van der Waals surface area contributed by atoms with Gasteiger partial charge in [-0.2, -0.15) is 11.8 Å². The minimum atomic E-state index is 0.589. The number of nitrogens with one attached hydrogen (secondary N) is 1. The molecule has 1 unspecified atom stereocenters. The molecule has 1 aliphatic rings. The van der Waals surface area contributed by atoms with Gasteiger partial charge < -0.3 is 11.1 Å². The van der Waals surface area contributed by atoms with Crippen LogP contribution in [0.3, 0.4) is 0 Å². The Labute approximate surface area is 109 Å². The van der Waals surface area contributed by atoms with E-state index in [1.807, 2.05) is 17.8 Å². The molecule has 0 bridgehead atoms. The van der Waals surface area contributed by atoms with Crippen LogP contribution in [0.4, 0.5) is 11.4 Å². The second-order valence-corrected chi connectivity index (χ2v) is 6.19.